The van der Waals surface area contributed by atoms with E-state index in [1.165, 1.54) is 12.1 Å². The predicted octanol–water partition coefficient (Wildman–Crippen LogP) is 5.33. The van der Waals surface area contributed by atoms with E-state index >= 15 is 0 Å². The number of aromatic nitrogens is 1. The Bertz CT molecular complexity index is 1160. The van der Waals surface area contributed by atoms with E-state index in [0.717, 1.165) is 31.2 Å². The number of hydrogen-bond acceptors (Lipinski definition) is 2. The molecule has 0 bridgehead atoms. The number of H-pyrrole nitrogens is 1. The van der Waals surface area contributed by atoms with Gasteiger partial charge >= 0.3 is 0 Å². The van der Waals surface area contributed by atoms with Crippen LogP contribution >= 0.6 is 11.6 Å². The van der Waals surface area contributed by atoms with Crippen LogP contribution in [0.25, 0.3) is 10.9 Å². The Morgan fingerprint density at radius 2 is 1.79 bits per heavy atom. The van der Waals surface area contributed by atoms with E-state index < -0.39 is 33.2 Å². The summed E-state index contributed by atoms with van der Waals surface area (Å²) in [5.74, 6) is -3.02. The predicted molar refractivity (Wildman–Crippen MR) is 103 cm³/mol. The normalized spacial score (nSPS) is 15.9. The van der Waals surface area contributed by atoms with Gasteiger partial charge in [-0.25, -0.2) is 21.6 Å². The fraction of sp³-hybridized carbons (Fsp3) is 0.300. The molecule has 4 rings (SSSR count). The van der Waals surface area contributed by atoms with Crippen LogP contribution in [0.1, 0.15) is 35.4 Å². The highest BCUT2D eigenvalue weighted by Crippen LogP contribution is 2.49. The van der Waals surface area contributed by atoms with Crippen molar-refractivity contribution in [1.82, 2.24) is 4.98 Å². The maximum Gasteiger partial charge on any atom is 0.151 e. The first kappa shape index (κ1) is 19.3. The lowest BCUT2D eigenvalue weighted by atomic mass is 9.86. The number of nitrogens with one attached hydrogen (secondary N) is 1. The molecule has 3 aromatic rings. The second-order valence-corrected chi connectivity index (χ2v) is 9.98. The molecule has 3 nitrogen and oxygen atoms in total. The summed E-state index contributed by atoms with van der Waals surface area (Å²) in [4.78, 5) is 2.99. The summed E-state index contributed by atoms with van der Waals surface area (Å²) in [5.41, 5.74) is 1.20. The second-order valence-electron chi connectivity index (χ2n) is 7.40. The molecule has 1 N–H and O–H groups in total. The highest BCUT2D eigenvalue weighted by molar-refractivity contribution is 7.89. The molecule has 1 saturated carbocycles. The molecule has 0 aliphatic heterocycles. The molecular weight excluding hydrogens is 411 g/mol. The minimum atomic E-state index is -3.39. The Hall–Kier alpha value is -1.99. The summed E-state index contributed by atoms with van der Waals surface area (Å²) in [5, 5.41) is 0.401. The van der Waals surface area contributed by atoms with Gasteiger partial charge in [-0.15, -0.1) is 0 Å². The molecule has 0 spiro atoms. The van der Waals surface area contributed by atoms with Crippen molar-refractivity contribution in [2.24, 2.45) is 5.92 Å². The molecule has 8 heteroatoms. The zero-order chi connectivity index (χ0) is 20.2. The van der Waals surface area contributed by atoms with Crippen LogP contribution in [-0.2, 0) is 15.6 Å². The number of hydrogen-bond donors (Lipinski definition) is 1. The van der Waals surface area contributed by atoms with Gasteiger partial charge in [0.05, 0.1) is 11.3 Å². The minimum Gasteiger partial charge on any atom is -0.361 e. The zero-order valence-corrected chi connectivity index (χ0v) is 16.5. The third-order valence-corrected chi connectivity index (χ3v) is 6.12. The zero-order valence-electron chi connectivity index (χ0n) is 14.9. The number of benzene rings is 2. The van der Waals surface area contributed by atoms with Crippen LogP contribution in [0.2, 0.25) is 5.02 Å². The monoisotopic (exact) mass is 427 g/mol. The van der Waals surface area contributed by atoms with E-state index in [2.05, 4.69) is 4.98 Å². The second kappa shape index (κ2) is 6.81. The number of halogens is 4. The van der Waals surface area contributed by atoms with Crippen molar-refractivity contribution in [2.45, 2.75) is 24.5 Å². The maximum absolute atomic E-state index is 14.6. The lowest BCUT2D eigenvalue weighted by Crippen LogP contribution is -2.09. The summed E-state index contributed by atoms with van der Waals surface area (Å²) in [6.45, 7) is 0. The molecule has 0 saturated heterocycles. The van der Waals surface area contributed by atoms with Gasteiger partial charge in [0.2, 0.25) is 0 Å². The smallest absolute Gasteiger partial charge is 0.151 e. The van der Waals surface area contributed by atoms with Gasteiger partial charge in [0.15, 0.2) is 9.84 Å². The summed E-state index contributed by atoms with van der Waals surface area (Å²) < 4.78 is 66.9. The summed E-state index contributed by atoms with van der Waals surface area (Å²) in [6, 6.07) is 4.58. The van der Waals surface area contributed by atoms with Crippen molar-refractivity contribution in [3.63, 3.8) is 0 Å². The van der Waals surface area contributed by atoms with Crippen LogP contribution in [-0.4, -0.2) is 19.7 Å². The fourth-order valence-corrected chi connectivity index (χ4v) is 4.85. The third-order valence-electron chi connectivity index (χ3n) is 5.07. The highest BCUT2D eigenvalue weighted by Gasteiger charge is 2.38. The first-order valence-electron chi connectivity index (χ1n) is 8.75. The number of aromatic amines is 1. The van der Waals surface area contributed by atoms with Gasteiger partial charge < -0.3 is 4.98 Å². The van der Waals surface area contributed by atoms with E-state index in [9.17, 15) is 21.6 Å². The van der Waals surface area contributed by atoms with Crippen LogP contribution in [0.4, 0.5) is 13.2 Å². The van der Waals surface area contributed by atoms with Gasteiger partial charge in [0, 0.05) is 34.3 Å². The molecule has 0 amide bonds. The van der Waals surface area contributed by atoms with Crippen LogP contribution in [0, 0.1) is 23.4 Å². The average molecular weight is 428 g/mol. The standard InChI is InChI=1S/C20H17ClF3NO2S/c1-28(26,27)9-11-4-13(22)7-14-15(8-25-20(11)14)18(10-2-3-10)19-16(23)5-12(21)6-17(19)24/h4-8,10,18,25H,2-3,9H2,1H3. The van der Waals surface area contributed by atoms with Crippen molar-refractivity contribution in [3.8, 4) is 0 Å². The van der Waals surface area contributed by atoms with Gasteiger partial charge in [-0.2, -0.15) is 0 Å². The molecule has 1 atom stereocenters. The van der Waals surface area contributed by atoms with Gasteiger partial charge in [0.25, 0.3) is 0 Å². The third kappa shape index (κ3) is 3.65. The quantitative estimate of drug-likeness (QED) is 0.598. The fourth-order valence-electron chi connectivity index (χ4n) is 3.87. The van der Waals surface area contributed by atoms with E-state index in [-0.39, 0.29) is 27.8 Å². The van der Waals surface area contributed by atoms with E-state index in [1.54, 1.807) is 6.20 Å². The Kier molecular flexibility index (Phi) is 4.70. The summed E-state index contributed by atoms with van der Waals surface area (Å²) in [7, 11) is -3.39. The maximum atomic E-state index is 14.6. The Balaban J connectivity index is 1.92. The largest absolute Gasteiger partial charge is 0.361 e. The van der Waals surface area contributed by atoms with Gasteiger partial charge in [-0.1, -0.05) is 11.6 Å². The summed E-state index contributed by atoms with van der Waals surface area (Å²) in [6.07, 6.45) is 4.25. The highest BCUT2D eigenvalue weighted by atomic mass is 35.5. The molecule has 148 valence electrons. The molecule has 1 unspecified atom stereocenters. The van der Waals surface area contributed by atoms with Crippen LogP contribution < -0.4 is 0 Å². The van der Waals surface area contributed by atoms with Crippen molar-refractivity contribution in [1.29, 1.82) is 0 Å². The molecule has 1 heterocycles. The SMILES string of the molecule is CS(=O)(=O)Cc1cc(F)cc2c(C(c3c(F)cc(Cl)cc3F)C3CC3)c[nH]c12. The Morgan fingerprint density at radius 3 is 2.36 bits per heavy atom. The van der Waals surface area contributed by atoms with E-state index in [4.69, 9.17) is 11.6 Å². The van der Waals surface area contributed by atoms with Crippen LogP contribution in [0.3, 0.4) is 0 Å². The van der Waals surface area contributed by atoms with Crippen LogP contribution in [0.15, 0.2) is 30.5 Å². The lowest BCUT2D eigenvalue weighted by molar-refractivity contribution is 0.526. The lowest BCUT2D eigenvalue weighted by Gasteiger charge is -2.18. The molecule has 1 fully saturated rings. The van der Waals surface area contributed by atoms with Crippen LogP contribution in [0.5, 0.6) is 0 Å². The van der Waals surface area contributed by atoms with Crippen molar-refractivity contribution >= 4 is 32.3 Å². The number of fused-ring (bicyclic) bond motifs is 1. The van der Waals surface area contributed by atoms with Gasteiger partial charge in [-0.05, 0) is 54.2 Å². The molecule has 2 aromatic carbocycles. The molecule has 1 aliphatic carbocycles. The minimum absolute atomic E-state index is 0.0193. The van der Waals surface area contributed by atoms with E-state index in [0.29, 0.717) is 16.5 Å². The van der Waals surface area contributed by atoms with Gasteiger partial charge in [0.1, 0.15) is 17.5 Å². The molecular formula is C20H17ClF3NO2S. The Morgan fingerprint density at radius 1 is 1.14 bits per heavy atom. The molecule has 1 aromatic heterocycles. The average Bonchev–Trinajstić information content (AvgIpc) is 3.29. The van der Waals surface area contributed by atoms with Crippen molar-refractivity contribution in [3.05, 3.63) is 69.6 Å². The topological polar surface area (TPSA) is 49.9 Å². The van der Waals surface area contributed by atoms with E-state index in [1.807, 2.05) is 0 Å². The number of rotatable bonds is 5. The number of sulfone groups is 1. The molecule has 0 radical (unpaired) electrons. The molecule has 1 aliphatic rings. The Labute approximate surface area is 165 Å². The van der Waals surface area contributed by atoms with Crippen molar-refractivity contribution in [2.75, 3.05) is 6.26 Å². The molecule has 28 heavy (non-hydrogen) atoms. The summed E-state index contributed by atoms with van der Waals surface area (Å²) >= 11 is 5.75. The van der Waals surface area contributed by atoms with Crippen molar-refractivity contribution < 1.29 is 21.6 Å². The van der Waals surface area contributed by atoms with Gasteiger partial charge in [-0.3, -0.25) is 0 Å². The first-order chi connectivity index (χ1) is 13.1. The first-order valence-corrected chi connectivity index (χ1v) is 11.2.